The van der Waals surface area contributed by atoms with Crippen LogP contribution in [0.4, 0.5) is 11.4 Å². The molecular weight excluding hydrogens is 352 g/mol. The van der Waals surface area contributed by atoms with E-state index in [1.165, 1.54) is 13.5 Å². The third-order valence-corrected chi connectivity index (χ3v) is 4.97. The predicted molar refractivity (Wildman–Crippen MR) is 102 cm³/mol. The van der Waals surface area contributed by atoms with Crippen LogP contribution in [0.2, 0.25) is 5.02 Å². The summed E-state index contributed by atoms with van der Waals surface area (Å²) in [7, 11) is 1.29. The molecule has 2 heterocycles. The number of nitrogen functional groups attached to an aromatic ring is 1. The minimum atomic E-state index is -0.595. The second kappa shape index (κ2) is 7.30. The van der Waals surface area contributed by atoms with E-state index in [1.807, 2.05) is 18.2 Å². The third kappa shape index (κ3) is 3.23. The number of piperidine rings is 1. The number of carbonyl (C=O) groups is 1. The Morgan fingerprint density at radius 2 is 2.19 bits per heavy atom. The molecule has 1 fully saturated rings. The number of methoxy groups -OCH3 is 1. The molecule has 6 nitrogen and oxygen atoms in total. The van der Waals surface area contributed by atoms with Crippen LogP contribution < -0.4 is 10.6 Å². The van der Waals surface area contributed by atoms with Crippen LogP contribution in [0.5, 0.6) is 0 Å². The predicted octanol–water partition coefficient (Wildman–Crippen LogP) is 3.61. The highest BCUT2D eigenvalue weighted by atomic mass is 35.5. The molecule has 0 spiro atoms. The SMILES string of the molecule is COC(=O)c1c(N)c(C#N)cn1-c1cc(Cl)ccc1N1CCCC(C)C1. The Labute approximate surface area is 157 Å². The second-order valence-electron chi connectivity index (χ2n) is 6.60. The monoisotopic (exact) mass is 372 g/mol. The van der Waals surface area contributed by atoms with Crippen molar-refractivity contribution in [3.8, 4) is 11.8 Å². The van der Waals surface area contributed by atoms with E-state index >= 15 is 0 Å². The highest BCUT2D eigenvalue weighted by molar-refractivity contribution is 6.30. The fourth-order valence-corrected chi connectivity index (χ4v) is 3.64. The zero-order valence-corrected chi connectivity index (χ0v) is 15.6. The van der Waals surface area contributed by atoms with Crippen LogP contribution in [0.15, 0.2) is 24.4 Å². The molecule has 1 atom stereocenters. The lowest BCUT2D eigenvalue weighted by atomic mass is 9.99. The van der Waals surface area contributed by atoms with Crippen LogP contribution in [-0.4, -0.2) is 30.7 Å². The fraction of sp³-hybridized carbons (Fsp3) is 0.368. The van der Waals surface area contributed by atoms with Gasteiger partial charge in [0.25, 0.3) is 0 Å². The molecule has 0 saturated carbocycles. The number of nitriles is 1. The van der Waals surface area contributed by atoms with Gasteiger partial charge in [0.15, 0.2) is 5.69 Å². The number of halogens is 1. The number of nitrogens with two attached hydrogens (primary N) is 1. The minimum absolute atomic E-state index is 0.109. The van der Waals surface area contributed by atoms with E-state index in [-0.39, 0.29) is 16.9 Å². The van der Waals surface area contributed by atoms with E-state index in [2.05, 4.69) is 11.8 Å². The van der Waals surface area contributed by atoms with E-state index in [0.29, 0.717) is 16.6 Å². The van der Waals surface area contributed by atoms with Gasteiger partial charge in [0.1, 0.15) is 6.07 Å². The number of hydrogen-bond acceptors (Lipinski definition) is 5. The Morgan fingerprint density at radius 3 is 2.85 bits per heavy atom. The number of aromatic nitrogens is 1. The maximum Gasteiger partial charge on any atom is 0.357 e. The lowest BCUT2D eigenvalue weighted by molar-refractivity contribution is 0.0593. The normalized spacial score (nSPS) is 17.0. The first kappa shape index (κ1) is 18.2. The molecule has 2 aromatic rings. The number of hydrogen-bond donors (Lipinski definition) is 1. The zero-order valence-electron chi connectivity index (χ0n) is 14.8. The molecule has 136 valence electrons. The fourth-order valence-electron chi connectivity index (χ4n) is 3.47. The van der Waals surface area contributed by atoms with Gasteiger partial charge in [0, 0.05) is 24.3 Å². The summed E-state index contributed by atoms with van der Waals surface area (Å²) in [6, 6.07) is 7.58. The van der Waals surface area contributed by atoms with Gasteiger partial charge < -0.3 is 19.9 Å². The standard InChI is InChI=1S/C19H21ClN4O2/c1-12-4-3-7-23(10-12)15-6-5-14(20)8-16(15)24-11-13(9-21)17(22)18(24)19(25)26-2/h5-6,8,11-12H,3-4,7,10,22H2,1-2H3. The third-order valence-electron chi connectivity index (χ3n) is 4.74. The number of esters is 1. The van der Waals surface area contributed by atoms with E-state index in [4.69, 9.17) is 22.1 Å². The number of anilines is 2. The van der Waals surface area contributed by atoms with E-state index < -0.39 is 5.97 Å². The zero-order chi connectivity index (χ0) is 18.8. The van der Waals surface area contributed by atoms with Crippen molar-refractivity contribution < 1.29 is 9.53 Å². The van der Waals surface area contributed by atoms with Crippen molar-refractivity contribution in [2.45, 2.75) is 19.8 Å². The minimum Gasteiger partial charge on any atom is -0.464 e. The Morgan fingerprint density at radius 1 is 1.42 bits per heavy atom. The van der Waals surface area contributed by atoms with Crippen LogP contribution in [-0.2, 0) is 4.74 Å². The molecule has 0 bridgehead atoms. The first-order valence-corrected chi connectivity index (χ1v) is 8.88. The number of ether oxygens (including phenoxy) is 1. The molecule has 3 rings (SSSR count). The van der Waals surface area contributed by atoms with Crippen LogP contribution in [0.25, 0.3) is 5.69 Å². The Bertz CT molecular complexity index is 884. The van der Waals surface area contributed by atoms with Gasteiger partial charge in [-0.05, 0) is 37.0 Å². The average Bonchev–Trinajstić information content (AvgIpc) is 2.97. The van der Waals surface area contributed by atoms with Gasteiger partial charge in [-0.1, -0.05) is 18.5 Å². The van der Waals surface area contributed by atoms with Gasteiger partial charge in [-0.2, -0.15) is 5.26 Å². The largest absolute Gasteiger partial charge is 0.464 e. The van der Waals surface area contributed by atoms with E-state index in [0.717, 1.165) is 25.2 Å². The number of nitrogens with zero attached hydrogens (tertiary/aromatic N) is 3. The van der Waals surface area contributed by atoms with Crippen molar-refractivity contribution in [2.24, 2.45) is 5.92 Å². The Balaban J connectivity index is 2.20. The van der Waals surface area contributed by atoms with Crippen LogP contribution >= 0.6 is 11.6 Å². The van der Waals surface area contributed by atoms with Crippen LogP contribution in [0.3, 0.4) is 0 Å². The summed E-state index contributed by atoms with van der Waals surface area (Å²) < 4.78 is 6.49. The molecule has 0 aliphatic carbocycles. The molecule has 26 heavy (non-hydrogen) atoms. The number of carbonyl (C=O) groups excluding carboxylic acids is 1. The first-order valence-electron chi connectivity index (χ1n) is 8.50. The molecular formula is C19H21ClN4O2. The highest BCUT2D eigenvalue weighted by Gasteiger charge is 2.25. The second-order valence-corrected chi connectivity index (χ2v) is 7.04. The van der Waals surface area contributed by atoms with Crippen molar-refractivity contribution in [3.05, 3.63) is 40.7 Å². The van der Waals surface area contributed by atoms with Gasteiger partial charge in [-0.3, -0.25) is 0 Å². The molecule has 7 heteroatoms. The van der Waals surface area contributed by atoms with Gasteiger partial charge in [0.05, 0.1) is 29.7 Å². The highest BCUT2D eigenvalue weighted by Crippen LogP contribution is 2.34. The summed E-state index contributed by atoms with van der Waals surface area (Å²) in [6.45, 7) is 4.07. The topological polar surface area (TPSA) is 84.3 Å². The van der Waals surface area contributed by atoms with Crippen molar-refractivity contribution in [3.63, 3.8) is 0 Å². The van der Waals surface area contributed by atoms with Crippen molar-refractivity contribution in [1.29, 1.82) is 5.26 Å². The van der Waals surface area contributed by atoms with Gasteiger partial charge in [-0.15, -0.1) is 0 Å². The summed E-state index contributed by atoms with van der Waals surface area (Å²) in [4.78, 5) is 14.6. The Kier molecular flexibility index (Phi) is 5.10. The van der Waals surface area contributed by atoms with Gasteiger partial charge >= 0.3 is 5.97 Å². The average molecular weight is 373 g/mol. The van der Waals surface area contributed by atoms with Crippen molar-refractivity contribution in [2.75, 3.05) is 30.8 Å². The number of rotatable bonds is 3. The van der Waals surface area contributed by atoms with Gasteiger partial charge in [0.2, 0.25) is 0 Å². The van der Waals surface area contributed by atoms with Crippen LogP contribution in [0, 0.1) is 17.2 Å². The summed E-state index contributed by atoms with van der Waals surface area (Å²) >= 11 is 6.24. The maximum absolute atomic E-state index is 12.3. The van der Waals surface area contributed by atoms with Crippen molar-refractivity contribution in [1.82, 2.24) is 4.57 Å². The molecule has 2 N–H and O–H groups in total. The van der Waals surface area contributed by atoms with E-state index in [1.54, 1.807) is 16.8 Å². The maximum atomic E-state index is 12.3. The molecule has 0 amide bonds. The summed E-state index contributed by atoms with van der Waals surface area (Å²) in [6.07, 6.45) is 3.86. The summed E-state index contributed by atoms with van der Waals surface area (Å²) in [5, 5.41) is 9.87. The lowest BCUT2D eigenvalue weighted by Crippen LogP contribution is -2.35. The summed E-state index contributed by atoms with van der Waals surface area (Å²) in [5.74, 6) is -0.0151. The molecule has 1 unspecified atom stereocenters. The van der Waals surface area contributed by atoms with E-state index in [9.17, 15) is 10.1 Å². The smallest absolute Gasteiger partial charge is 0.357 e. The molecule has 0 radical (unpaired) electrons. The molecule has 1 saturated heterocycles. The Hall–Kier alpha value is -2.65. The van der Waals surface area contributed by atoms with Crippen molar-refractivity contribution >= 4 is 28.9 Å². The van der Waals surface area contributed by atoms with Gasteiger partial charge in [-0.25, -0.2) is 4.79 Å². The molecule has 1 aliphatic rings. The molecule has 1 aromatic carbocycles. The number of benzene rings is 1. The first-order chi connectivity index (χ1) is 12.5. The van der Waals surface area contributed by atoms with Crippen LogP contribution in [0.1, 0.15) is 35.8 Å². The summed E-state index contributed by atoms with van der Waals surface area (Å²) in [5.41, 5.74) is 8.16. The lowest BCUT2D eigenvalue weighted by Gasteiger charge is -2.34. The molecule has 1 aliphatic heterocycles. The molecule has 1 aromatic heterocycles. The quantitative estimate of drug-likeness (QED) is 0.832.